The van der Waals surface area contributed by atoms with Gasteiger partial charge in [0.1, 0.15) is 19.9 Å². The van der Waals surface area contributed by atoms with Crippen molar-refractivity contribution >= 4 is 62.7 Å². The van der Waals surface area contributed by atoms with Crippen LogP contribution in [0.25, 0.3) is 10.7 Å². The van der Waals surface area contributed by atoms with Crippen molar-refractivity contribution in [2.45, 2.75) is 18.4 Å². The molecule has 0 N–H and O–H groups in total. The van der Waals surface area contributed by atoms with Gasteiger partial charge in [0.2, 0.25) is 0 Å². The van der Waals surface area contributed by atoms with Crippen LogP contribution in [0.1, 0.15) is 12.5 Å². The van der Waals surface area contributed by atoms with Crippen molar-refractivity contribution in [2.75, 3.05) is 25.5 Å². The number of likely N-dealkylation sites (N-methyl/N-ethyl adjacent to an activating group) is 2. The first-order valence-corrected chi connectivity index (χ1v) is 12.6. The van der Waals surface area contributed by atoms with Gasteiger partial charge in [0.05, 0.1) is 12.2 Å². The SMILES string of the molecule is CCN1C(=O)C(=c2sc(=C3Sc4ccccc4N3C)c(=O)n2Cc2ccccc2)N(C)C1=S. The number of nitrogens with zero attached hydrogens (tertiary/aromatic N) is 4. The molecular weight excluding hydrogens is 472 g/mol. The predicted molar refractivity (Wildman–Crippen MR) is 139 cm³/mol. The van der Waals surface area contributed by atoms with Crippen molar-refractivity contribution < 1.29 is 4.79 Å². The highest BCUT2D eigenvalue weighted by atomic mass is 32.2. The number of thioether (sulfide) groups is 1. The van der Waals surface area contributed by atoms with Crippen molar-refractivity contribution in [3.05, 3.63) is 79.7 Å². The van der Waals surface area contributed by atoms with Crippen molar-refractivity contribution in [3.8, 4) is 0 Å². The average molecular weight is 495 g/mol. The first-order chi connectivity index (χ1) is 15.9. The Kier molecular flexibility index (Phi) is 5.64. The molecule has 0 bridgehead atoms. The lowest BCUT2D eigenvalue weighted by molar-refractivity contribution is -0.120. The molecule has 3 heterocycles. The van der Waals surface area contributed by atoms with E-state index in [1.165, 1.54) is 11.3 Å². The van der Waals surface area contributed by atoms with Gasteiger partial charge in [0.25, 0.3) is 11.5 Å². The van der Waals surface area contributed by atoms with Crippen molar-refractivity contribution in [3.63, 3.8) is 0 Å². The second-order valence-electron chi connectivity index (χ2n) is 7.79. The van der Waals surface area contributed by atoms with E-state index in [0.717, 1.165) is 21.2 Å². The molecule has 6 nitrogen and oxygen atoms in total. The Morgan fingerprint density at radius 2 is 1.64 bits per heavy atom. The van der Waals surface area contributed by atoms with Crippen LogP contribution in [0.3, 0.4) is 0 Å². The Bertz CT molecular complexity index is 1460. The monoisotopic (exact) mass is 494 g/mol. The third kappa shape index (κ3) is 3.51. The third-order valence-corrected chi connectivity index (χ3v) is 8.86. The first kappa shape index (κ1) is 21.9. The van der Waals surface area contributed by atoms with Gasteiger partial charge < -0.3 is 9.80 Å². The summed E-state index contributed by atoms with van der Waals surface area (Å²) in [4.78, 5) is 33.5. The molecule has 2 aromatic carbocycles. The lowest BCUT2D eigenvalue weighted by Crippen LogP contribution is -2.36. The van der Waals surface area contributed by atoms with Crippen molar-refractivity contribution in [1.29, 1.82) is 0 Å². The van der Waals surface area contributed by atoms with Crippen LogP contribution >= 0.6 is 35.3 Å². The van der Waals surface area contributed by atoms with E-state index in [2.05, 4.69) is 11.0 Å². The number of amides is 1. The van der Waals surface area contributed by atoms with E-state index in [-0.39, 0.29) is 11.5 Å². The average Bonchev–Trinajstić information content (AvgIpc) is 3.39. The quantitative estimate of drug-likeness (QED) is 0.522. The number of hydrogen-bond acceptors (Lipinski definition) is 6. The number of benzene rings is 2. The molecule has 1 amide bonds. The summed E-state index contributed by atoms with van der Waals surface area (Å²) in [6.07, 6.45) is 0. The minimum absolute atomic E-state index is 0.101. The maximum atomic E-state index is 13.8. The Balaban J connectivity index is 1.80. The number of thiocarbonyl (C=S) groups is 1. The number of fused-ring (bicyclic) bond motifs is 1. The molecule has 5 rings (SSSR count). The highest BCUT2D eigenvalue weighted by Gasteiger charge is 2.37. The number of aromatic nitrogens is 1. The van der Waals surface area contributed by atoms with Crippen LogP contribution in [0.2, 0.25) is 0 Å². The molecule has 0 spiro atoms. The molecule has 0 unspecified atom stereocenters. The topological polar surface area (TPSA) is 48.8 Å². The molecule has 9 heteroatoms. The lowest BCUT2D eigenvalue weighted by atomic mass is 10.2. The fraction of sp³-hybridized carbons (Fsp3) is 0.208. The fourth-order valence-corrected chi connectivity index (χ4v) is 6.91. The summed E-state index contributed by atoms with van der Waals surface area (Å²) < 4.78 is 2.96. The molecule has 0 aliphatic carbocycles. The van der Waals surface area contributed by atoms with Crippen LogP contribution in [0, 0.1) is 0 Å². The number of para-hydroxylation sites is 1. The normalized spacial score (nSPS) is 19.1. The second-order valence-corrected chi connectivity index (χ2v) is 10.2. The molecule has 3 aromatic rings. The number of rotatable bonds is 3. The number of carbonyl (C=O) groups is 1. The largest absolute Gasteiger partial charge is 0.337 e. The highest BCUT2D eigenvalue weighted by Crippen LogP contribution is 2.44. The van der Waals surface area contributed by atoms with Gasteiger partial charge in [-0.3, -0.25) is 19.1 Å². The van der Waals surface area contributed by atoms with Crippen LogP contribution in [0.15, 0.2) is 64.3 Å². The van der Waals surface area contributed by atoms with Crippen molar-refractivity contribution in [1.82, 2.24) is 14.4 Å². The smallest absolute Gasteiger partial charge is 0.279 e. The number of carbonyl (C=O) groups excluding carboxylic acids is 1. The maximum absolute atomic E-state index is 13.8. The summed E-state index contributed by atoms with van der Waals surface area (Å²) in [5, 5.41) is 1.33. The van der Waals surface area contributed by atoms with E-state index in [1.54, 1.807) is 33.2 Å². The minimum atomic E-state index is -0.166. The number of thiazole rings is 1. The summed E-state index contributed by atoms with van der Waals surface area (Å²) in [7, 11) is 3.77. The summed E-state index contributed by atoms with van der Waals surface area (Å²) in [5.41, 5.74) is 2.42. The van der Waals surface area contributed by atoms with E-state index in [1.807, 2.05) is 62.5 Å². The van der Waals surface area contributed by atoms with Gasteiger partial charge in [-0.05, 0) is 36.8 Å². The summed E-state index contributed by atoms with van der Waals surface area (Å²) in [6.45, 7) is 2.76. The van der Waals surface area contributed by atoms with Gasteiger partial charge in [0.15, 0.2) is 5.11 Å². The lowest BCUT2D eigenvalue weighted by Gasteiger charge is -2.13. The van der Waals surface area contributed by atoms with Gasteiger partial charge in [-0.25, -0.2) is 0 Å². The van der Waals surface area contributed by atoms with E-state index in [4.69, 9.17) is 12.2 Å². The van der Waals surface area contributed by atoms with Crippen LogP contribution in [0.4, 0.5) is 5.69 Å². The van der Waals surface area contributed by atoms with Crippen LogP contribution < -0.4 is 19.7 Å². The van der Waals surface area contributed by atoms with Gasteiger partial charge in [-0.15, -0.1) is 11.3 Å². The zero-order valence-electron chi connectivity index (χ0n) is 18.4. The van der Waals surface area contributed by atoms with E-state index < -0.39 is 0 Å². The van der Waals surface area contributed by atoms with Crippen LogP contribution in [-0.4, -0.2) is 46.0 Å². The standard InChI is InChI=1S/C24H22N4O2S3/c1-4-27-20(29)18(26(3)24(27)31)22-28(14-15-10-6-5-7-11-15)21(30)19(33-22)23-25(2)16-12-8-9-13-17(16)32-23/h5-13H,4,14H2,1-3H3. The van der Waals surface area contributed by atoms with Gasteiger partial charge in [0, 0.05) is 25.5 Å². The van der Waals surface area contributed by atoms with E-state index in [0.29, 0.717) is 33.1 Å². The molecule has 168 valence electrons. The molecule has 1 saturated heterocycles. The summed E-state index contributed by atoms with van der Waals surface area (Å²) >= 11 is 8.46. The maximum Gasteiger partial charge on any atom is 0.279 e. The Morgan fingerprint density at radius 3 is 2.30 bits per heavy atom. The van der Waals surface area contributed by atoms with Crippen LogP contribution in [-0.2, 0) is 11.3 Å². The van der Waals surface area contributed by atoms with Crippen LogP contribution in [0.5, 0.6) is 0 Å². The van der Waals surface area contributed by atoms with Gasteiger partial charge in [-0.2, -0.15) is 0 Å². The van der Waals surface area contributed by atoms with E-state index >= 15 is 0 Å². The highest BCUT2D eigenvalue weighted by molar-refractivity contribution is 8.08. The fourth-order valence-electron chi connectivity index (χ4n) is 4.08. The van der Waals surface area contributed by atoms with Crippen molar-refractivity contribution in [2.24, 2.45) is 0 Å². The number of hydrogen-bond donors (Lipinski definition) is 0. The molecule has 0 atom stereocenters. The second kappa shape index (κ2) is 8.48. The summed E-state index contributed by atoms with van der Waals surface area (Å²) in [6, 6.07) is 17.9. The summed E-state index contributed by atoms with van der Waals surface area (Å²) in [5.74, 6) is -0.166. The molecular formula is C24H22N4O2S3. The molecule has 0 saturated carbocycles. The molecule has 2 aliphatic heterocycles. The molecule has 1 fully saturated rings. The van der Waals surface area contributed by atoms with Gasteiger partial charge in [-0.1, -0.05) is 54.2 Å². The Morgan fingerprint density at radius 1 is 0.939 bits per heavy atom. The predicted octanol–water partition coefficient (Wildman–Crippen LogP) is 2.45. The zero-order valence-corrected chi connectivity index (χ0v) is 20.9. The molecule has 33 heavy (non-hydrogen) atoms. The molecule has 0 radical (unpaired) electrons. The molecule has 2 aliphatic rings. The number of anilines is 1. The Labute approximate surface area is 205 Å². The van der Waals surface area contributed by atoms with E-state index in [9.17, 15) is 9.59 Å². The van der Waals surface area contributed by atoms with Gasteiger partial charge >= 0.3 is 0 Å². The zero-order chi connectivity index (χ0) is 23.3. The minimum Gasteiger partial charge on any atom is -0.337 e. The Hall–Kier alpha value is -2.88. The molecule has 1 aromatic heterocycles. The first-order valence-electron chi connectivity index (χ1n) is 10.5. The third-order valence-electron chi connectivity index (χ3n) is 5.82.